The van der Waals surface area contributed by atoms with Gasteiger partial charge >= 0.3 is 10.9 Å². The van der Waals surface area contributed by atoms with Crippen molar-refractivity contribution in [2.45, 2.75) is 0 Å². The Hall–Kier alpha value is -5.70. The van der Waals surface area contributed by atoms with E-state index >= 15 is 0 Å². The Balaban J connectivity index is 1.48. The summed E-state index contributed by atoms with van der Waals surface area (Å²) in [5.74, 6) is -5.24. The number of amidine groups is 1. The Bertz CT molecular complexity index is 1740. The maximum Gasteiger partial charge on any atom is 0.376 e. The summed E-state index contributed by atoms with van der Waals surface area (Å²) in [4.78, 5) is 53.5. The number of nitrogens with two attached hydrogens (primary N) is 1. The zero-order chi connectivity index (χ0) is 28.4. The van der Waals surface area contributed by atoms with Crippen LogP contribution in [-0.2, 0) is 9.59 Å². The zero-order valence-electron chi connectivity index (χ0n) is 20.2. The van der Waals surface area contributed by atoms with Gasteiger partial charge in [-0.2, -0.15) is 15.2 Å². The van der Waals surface area contributed by atoms with Crippen LogP contribution in [0.15, 0.2) is 82.3 Å². The van der Waals surface area contributed by atoms with Crippen molar-refractivity contribution < 1.29 is 24.4 Å². The Labute approximate surface area is 228 Å². The molecule has 3 amide bonds. The summed E-state index contributed by atoms with van der Waals surface area (Å²) in [6.07, 6.45) is 0. The number of nitrogens with zero attached hydrogens (tertiary/aromatic N) is 5. The topological polar surface area (TPSA) is 206 Å². The number of aromatic hydroxyl groups is 1. The first-order valence-electron chi connectivity index (χ1n) is 11.5. The van der Waals surface area contributed by atoms with E-state index in [-0.39, 0.29) is 22.3 Å². The molecule has 1 aliphatic heterocycles. The Morgan fingerprint density at radius 1 is 1.10 bits per heavy atom. The molecule has 0 fully saturated rings. The number of nitro groups is 1. The van der Waals surface area contributed by atoms with Crippen molar-refractivity contribution in [1.82, 2.24) is 10.4 Å². The summed E-state index contributed by atoms with van der Waals surface area (Å²) < 4.78 is 0. The fraction of sp³-hybridized carbons (Fsp3) is 0.0400. The summed E-state index contributed by atoms with van der Waals surface area (Å²) in [6, 6.07) is 18.2. The van der Waals surface area contributed by atoms with Gasteiger partial charge in [-0.05, 0) is 44.9 Å². The molecule has 5 N–H and O–H groups in total. The fourth-order valence-corrected chi connectivity index (χ4v) is 4.53. The van der Waals surface area contributed by atoms with Gasteiger partial charge < -0.3 is 21.0 Å². The Morgan fingerprint density at radius 2 is 1.77 bits per heavy atom. The molecule has 2 heterocycles. The number of para-hydroxylation sites is 1. The van der Waals surface area contributed by atoms with E-state index in [2.05, 4.69) is 25.9 Å². The predicted octanol–water partition coefficient (Wildman–Crippen LogP) is 2.57. The molecule has 0 bridgehead atoms. The van der Waals surface area contributed by atoms with Gasteiger partial charge in [0.1, 0.15) is 23.2 Å². The van der Waals surface area contributed by atoms with Crippen molar-refractivity contribution in [1.29, 1.82) is 0 Å². The highest BCUT2D eigenvalue weighted by atomic mass is 32.1. The molecule has 15 heteroatoms. The largest absolute Gasteiger partial charge is 0.507 e. The van der Waals surface area contributed by atoms with Crippen LogP contribution in [0.2, 0.25) is 0 Å². The van der Waals surface area contributed by atoms with Crippen LogP contribution in [-0.4, -0.2) is 44.3 Å². The molecule has 4 aromatic rings. The molecule has 40 heavy (non-hydrogen) atoms. The minimum absolute atomic E-state index is 0.136. The van der Waals surface area contributed by atoms with Gasteiger partial charge in [0, 0.05) is 0 Å². The summed E-state index contributed by atoms with van der Waals surface area (Å²) in [6.45, 7) is 0. The molecular weight excluding hydrogens is 540 g/mol. The predicted molar refractivity (Wildman–Crippen MR) is 147 cm³/mol. The van der Waals surface area contributed by atoms with Gasteiger partial charge in [-0.25, -0.2) is 5.43 Å². The number of rotatable bonds is 7. The van der Waals surface area contributed by atoms with Crippen LogP contribution in [0.3, 0.4) is 0 Å². The Morgan fingerprint density at radius 3 is 2.45 bits per heavy atom. The molecule has 3 aromatic carbocycles. The molecular formula is C25H18N8O6S. The van der Waals surface area contributed by atoms with Crippen molar-refractivity contribution in [3.05, 3.63) is 87.8 Å². The number of thiazole rings is 1. The van der Waals surface area contributed by atoms with Crippen LogP contribution in [0.4, 0.5) is 16.6 Å². The van der Waals surface area contributed by atoms with Crippen molar-refractivity contribution in [2.75, 3.05) is 10.3 Å². The average Bonchev–Trinajstić information content (AvgIpc) is 3.53. The number of anilines is 2. The lowest BCUT2D eigenvalue weighted by Crippen LogP contribution is -2.43. The first kappa shape index (κ1) is 25.9. The molecule has 0 radical (unpaired) electrons. The van der Waals surface area contributed by atoms with E-state index in [4.69, 9.17) is 5.73 Å². The highest BCUT2D eigenvalue weighted by molar-refractivity contribution is 7.14. The van der Waals surface area contributed by atoms with Gasteiger partial charge in [-0.3, -0.25) is 19.7 Å². The second kappa shape index (κ2) is 10.6. The first-order valence-corrected chi connectivity index (χ1v) is 12.3. The van der Waals surface area contributed by atoms with Crippen molar-refractivity contribution in [2.24, 2.45) is 21.9 Å². The molecule has 1 unspecified atom stereocenters. The maximum absolute atomic E-state index is 13.3. The average molecular weight is 559 g/mol. The van der Waals surface area contributed by atoms with Gasteiger partial charge in [0.2, 0.25) is 0 Å². The van der Waals surface area contributed by atoms with Crippen LogP contribution in [0.5, 0.6) is 5.75 Å². The van der Waals surface area contributed by atoms with Crippen LogP contribution < -0.4 is 21.5 Å². The normalized spacial score (nSPS) is 15.2. The molecule has 200 valence electrons. The van der Waals surface area contributed by atoms with Gasteiger partial charge in [-0.1, -0.05) is 53.8 Å². The number of aromatic nitrogens is 1. The number of phenolic OH excluding ortho intramolecular Hbond substituents is 1. The van der Waals surface area contributed by atoms with Crippen molar-refractivity contribution in [3.63, 3.8) is 0 Å². The number of hydrogen-bond donors (Lipinski definition) is 4. The molecule has 5 rings (SSSR count). The summed E-state index contributed by atoms with van der Waals surface area (Å²) in [5.41, 5.74) is 7.92. The van der Waals surface area contributed by atoms with E-state index in [0.717, 1.165) is 21.7 Å². The number of phenols is 1. The van der Waals surface area contributed by atoms with Crippen LogP contribution in [0, 0.1) is 16.0 Å². The number of hydrazone groups is 2. The first-order chi connectivity index (χ1) is 19.2. The SMILES string of the molecule is NC1=NN(c2ccccc2)C(=O)C1/C(=N/NC(=O)c1cc2ccccc2cc1O)C(=O)Nc1nc([N+](=O)[O-])cs1. The third-order valence-corrected chi connectivity index (χ3v) is 6.51. The van der Waals surface area contributed by atoms with E-state index in [1.807, 2.05) is 0 Å². The van der Waals surface area contributed by atoms with E-state index < -0.39 is 40.1 Å². The lowest BCUT2D eigenvalue weighted by atomic mass is 10.0. The van der Waals surface area contributed by atoms with Crippen LogP contribution in [0.1, 0.15) is 10.4 Å². The minimum atomic E-state index is -1.51. The van der Waals surface area contributed by atoms with E-state index in [9.17, 15) is 29.6 Å². The standard InChI is InChI=1S/C25H18N8O6S/c26-21-19(24(37)32(31-21)15-8-2-1-3-9-15)20(23(36)28-25-27-18(12-40-25)33(38)39)29-30-22(35)16-10-13-6-4-5-7-14(13)11-17(16)34/h1-12,19,34H,(H2,26,31)(H,30,35)(H,27,28,36)/b29-20-. The highest BCUT2D eigenvalue weighted by Gasteiger charge is 2.42. The molecule has 0 saturated carbocycles. The molecule has 1 aromatic heterocycles. The third-order valence-electron chi connectivity index (χ3n) is 5.76. The number of hydrogen-bond acceptors (Lipinski definition) is 11. The quantitative estimate of drug-likeness (QED) is 0.150. The Kier molecular flexibility index (Phi) is 6.86. The maximum atomic E-state index is 13.3. The number of amides is 3. The number of carbonyl (C=O) groups is 3. The summed E-state index contributed by atoms with van der Waals surface area (Å²) >= 11 is 0.773. The number of benzene rings is 3. The summed E-state index contributed by atoms with van der Waals surface area (Å²) in [5, 5.41) is 35.0. The third kappa shape index (κ3) is 5.03. The summed E-state index contributed by atoms with van der Waals surface area (Å²) in [7, 11) is 0. The highest BCUT2D eigenvalue weighted by Crippen LogP contribution is 2.27. The van der Waals surface area contributed by atoms with Gasteiger partial charge in [0.15, 0.2) is 0 Å². The van der Waals surface area contributed by atoms with Crippen molar-refractivity contribution in [3.8, 4) is 5.75 Å². The molecule has 1 aliphatic rings. The smallest absolute Gasteiger partial charge is 0.376 e. The monoisotopic (exact) mass is 558 g/mol. The van der Waals surface area contributed by atoms with E-state index in [1.165, 1.54) is 12.1 Å². The van der Waals surface area contributed by atoms with Gasteiger partial charge in [0.05, 0.1) is 16.6 Å². The van der Waals surface area contributed by atoms with E-state index in [0.29, 0.717) is 16.5 Å². The molecule has 0 saturated heterocycles. The number of nitrogens with one attached hydrogen (secondary N) is 2. The van der Waals surface area contributed by atoms with Gasteiger partial charge in [0.25, 0.3) is 17.7 Å². The molecule has 14 nitrogen and oxygen atoms in total. The second-order valence-corrected chi connectivity index (χ2v) is 9.18. The molecule has 0 aliphatic carbocycles. The van der Waals surface area contributed by atoms with E-state index in [1.54, 1.807) is 54.6 Å². The number of carbonyl (C=O) groups excluding carboxylic acids is 3. The minimum Gasteiger partial charge on any atom is -0.507 e. The zero-order valence-corrected chi connectivity index (χ0v) is 21.0. The number of fused-ring (bicyclic) bond motifs is 1. The van der Waals surface area contributed by atoms with Crippen LogP contribution in [0.25, 0.3) is 10.8 Å². The van der Waals surface area contributed by atoms with Crippen LogP contribution >= 0.6 is 11.3 Å². The second-order valence-electron chi connectivity index (χ2n) is 8.32. The lowest BCUT2D eigenvalue weighted by molar-refractivity contribution is -0.389. The molecule has 1 atom stereocenters. The van der Waals surface area contributed by atoms with Crippen molar-refractivity contribution >= 4 is 68.0 Å². The fourth-order valence-electron chi connectivity index (χ4n) is 3.88. The lowest BCUT2D eigenvalue weighted by Gasteiger charge is -2.15. The van der Waals surface area contributed by atoms with Gasteiger partial charge in [-0.15, -0.1) is 0 Å². The molecule has 0 spiro atoms.